The summed E-state index contributed by atoms with van der Waals surface area (Å²) in [5.41, 5.74) is -0.749. The maximum absolute atomic E-state index is 13.2. The Bertz CT molecular complexity index is 501. The van der Waals surface area contributed by atoms with E-state index in [0.29, 0.717) is 12.3 Å². The fourth-order valence-corrected chi connectivity index (χ4v) is 0.994. The molecule has 0 amide bonds. The highest BCUT2D eigenvalue weighted by molar-refractivity contribution is 5.87. The largest absolute Gasteiger partial charge is 0.513 e. The third kappa shape index (κ3) is 3.62. The van der Waals surface area contributed by atoms with Gasteiger partial charge in [-0.25, -0.2) is 13.6 Å². The molecule has 0 heterocycles. The van der Waals surface area contributed by atoms with Crippen LogP contribution in [-0.2, 0) is 9.53 Å². The number of esters is 1. The molecule has 0 aliphatic carbocycles. The molecule has 0 spiro atoms. The normalized spacial score (nSPS) is 11.8. The van der Waals surface area contributed by atoms with E-state index in [4.69, 9.17) is 5.11 Å². The minimum absolute atomic E-state index is 0.0939. The van der Waals surface area contributed by atoms with Gasteiger partial charge in [0.1, 0.15) is 17.8 Å². The van der Waals surface area contributed by atoms with Crippen LogP contribution in [0, 0.1) is 11.6 Å². The van der Waals surface area contributed by atoms with Crippen molar-refractivity contribution < 1.29 is 23.4 Å². The average molecular weight is 256 g/mol. The van der Waals surface area contributed by atoms with Crippen molar-refractivity contribution in [3.8, 4) is 0 Å². The van der Waals surface area contributed by atoms with E-state index < -0.39 is 23.3 Å². The monoisotopic (exact) mass is 256 g/mol. The molecule has 0 unspecified atom stereocenters. The van der Waals surface area contributed by atoms with Crippen LogP contribution >= 0.6 is 0 Å². The molecule has 0 fully saturated rings. The molecule has 0 atom stereocenters. The number of carbonyl (C=O) groups excluding carboxylic acids is 1. The van der Waals surface area contributed by atoms with Crippen LogP contribution in [0.5, 0.6) is 0 Å². The molecule has 0 radical (unpaired) electrons. The van der Waals surface area contributed by atoms with Crippen LogP contribution in [0.1, 0.15) is 6.92 Å². The third-order valence-corrected chi connectivity index (χ3v) is 1.78. The molecule has 0 aromatic heterocycles. The van der Waals surface area contributed by atoms with Crippen LogP contribution in [0.2, 0.25) is 0 Å². The number of rotatable bonds is 4. The Balaban J connectivity index is 2.88. The number of halogens is 2. The molecule has 5 nitrogen and oxygen atoms in total. The van der Waals surface area contributed by atoms with Gasteiger partial charge >= 0.3 is 5.97 Å². The van der Waals surface area contributed by atoms with Crippen LogP contribution in [0.25, 0.3) is 0 Å². The number of azo groups is 1. The van der Waals surface area contributed by atoms with E-state index in [0.717, 1.165) is 12.1 Å². The molecule has 0 bridgehead atoms. The van der Waals surface area contributed by atoms with Crippen molar-refractivity contribution in [3.63, 3.8) is 0 Å². The molecule has 1 aromatic carbocycles. The first-order valence-electron chi connectivity index (χ1n) is 4.96. The molecular formula is C11H10F2N2O3. The molecule has 0 aliphatic rings. The summed E-state index contributed by atoms with van der Waals surface area (Å²) in [7, 11) is 0. The van der Waals surface area contributed by atoms with Crippen LogP contribution in [-0.4, -0.2) is 17.7 Å². The highest BCUT2D eigenvalue weighted by Crippen LogP contribution is 2.19. The fraction of sp³-hybridized carbons (Fsp3) is 0.182. The van der Waals surface area contributed by atoms with E-state index in [-0.39, 0.29) is 12.3 Å². The lowest BCUT2D eigenvalue weighted by Gasteiger charge is -1.99. The maximum atomic E-state index is 13.2. The van der Waals surface area contributed by atoms with Crippen LogP contribution in [0.3, 0.4) is 0 Å². The highest BCUT2D eigenvalue weighted by atomic mass is 19.1. The number of aliphatic hydroxyl groups excluding tert-OH is 1. The number of aliphatic hydroxyl groups is 1. The van der Waals surface area contributed by atoms with Crippen molar-refractivity contribution in [3.05, 3.63) is 41.8 Å². The molecule has 18 heavy (non-hydrogen) atoms. The van der Waals surface area contributed by atoms with Crippen LogP contribution in [0.15, 0.2) is 40.4 Å². The first-order chi connectivity index (χ1) is 8.58. The molecule has 7 heteroatoms. The average Bonchev–Trinajstić information content (AvgIpc) is 2.32. The van der Waals surface area contributed by atoms with E-state index in [1.165, 1.54) is 0 Å². The van der Waals surface area contributed by atoms with Crippen molar-refractivity contribution in [2.45, 2.75) is 6.92 Å². The van der Waals surface area contributed by atoms with Gasteiger partial charge in [-0.1, -0.05) is 0 Å². The lowest BCUT2D eigenvalue weighted by Crippen LogP contribution is -2.05. The summed E-state index contributed by atoms with van der Waals surface area (Å²) in [6.07, 6.45) is 0.392. The standard InChI is InChI=1S/C11H10F2N2O3/c1-2-18-11(17)10(6-16)15-14-9-4-3-7(12)5-8(9)13/h3-6,16H,2H2,1H3/b10-6+,15-14?. The predicted octanol–water partition coefficient (Wildman–Crippen LogP) is 3.01. The second-order valence-electron chi connectivity index (χ2n) is 3.03. The topological polar surface area (TPSA) is 71.2 Å². The summed E-state index contributed by atoms with van der Waals surface area (Å²) in [4.78, 5) is 11.2. The Kier molecular flexibility index (Phi) is 4.91. The van der Waals surface area contributed by atoms with Gasteiger partial charge in [-0.15, -0.1) is 10.2 Å². The first kappa shape index (κ1) is 13.8. The zero-order chi connectivity index (χ0) is 13.5. The van der Waals surface area contributed by atoms with E-state index in [1.807, 2.05) is 0 Å². The summed E-state index contributed by atoms with van der Waals surface area (Å²) >= 11 is 0. The Morgan fingerprint density at radius 2 is 2.22 bits per heavy atom. The summed E-state index contributed by atoms with van der Waals surface area (Å²) in [5, 5.41) is 15.4. The molecule has 0 saturated carbocycles. The van der Waals surface area contributed by atoms with Gasteiger partial charge in [0.2, 0.25) is 5.70 Å². The van der Waals surface area contributed by atoms with Gasteiger partial charge in [-0.3, -0.25) is 0 Å². The van der Waals surface area contributed by atoms with Crippen molar-refractivity contribution in [2.75, 3.05) is 6.61 Å². The summed E-state index contributed by atoms with van der Waals surface area (Å²) < 4.78 is 30.3. The minimum atomic E-state index is -0.931. The van der Waals surface area contributed by atoms with E-state index in [2.05, 4.69) is 15.0 Å². The quantitative estimate of drug-likeness (QED) is 0.389. The lowest BCUT2D eigenvalue weighted by atomic mass is 10.3. The summed E-state index contributed by atoms with van der Waals surface area (Å²) in [6, 6.07) is 2.67. The Hall–Kier alpha value is -2.31. The Labute approximate surface area is 101 Å². The molecule has 1 N–H and O–H groups in total. The van der Waals surface area contributed by atoms with Gasteiger partial charge in [0.15, 0.2) is 5.82 Å². The molecule has 0 aliphatic heterocycles. The third-order valence-electron chi connectivity index (χ3n) is 1.78. The van der Waals surface area contributed by atoms with Crippen molar-refractivity contribution in [1.29, 1.82) is 0 Å². The van der Waals surface area contributed by atoms with Gasteiger partial charge in [-0.05, 0) is 19.1 Å². The summed E-state index contributed by atoms with van der Waals surface area (Å²) in [5.74, 6) is -2.58. The second-order valence-corrected chi connectivity index (χ2v) is 3.03. The molecule has 96 valence electrons. The van der Waals surface area contributed by atoms with E-state index in [1.54, 1.807) is 6.92 Å². The summed E-state index contributed by atoms with van der Waals surface area (Å²) in [6.45, 7) is 1.67. The number of nitrogens with zero attached hydrogens (tertiary/aromatic N) is 2. The second kappa shape index (κ2) is 6.43. The number of hydrogen-bond donors (Lipinski definition) is 1. The van der Waals surface area contributed by atoms with Crippen LogP contribution in [0.4, 0.5) is 14.5 Å². The smallest absolute Gasteiger partial charge is 0.362 e. The highest BCUT2D eigenvalue weighted by Gasteiger charge is 2.10. The number of hydrogen-bond acceptors (Lipinski definition) is 5. The van der Waals surface area contributed by atoms with Gasteiger partial charge in [0, 0.05) is 6.07 Å². The zero-order valence-electron chi connectivity index (χ0n) is 9.43. The van der Waals surface area contributed by atoms with Gasteiger partial charge < -0.3 is 9.84 Å². The van der Waals surface area contributed by atoms with Crippen molar-refractivity contribution in [1.82, 2.24) is 0 Å². The Morgan fingerprint density at radius 3 is 2.78 bits per heavy atom. The number of carbonyl (C=O) groups is 1. The molecule has 1 rings (SSSR count). The lowest BCUT2D eigenvalue weighted by molar-refractivity contribution is -0.138. The van der Waals surface area contributed by atoms with Gasteiger partial charge in [0.05, 0.1) is 6.61 Å². The van der Waals surface area contributed by atoms with Crippen LogP contribution < -0.4 is 0 Å². The zero-order valence-corrected chi connectivity index (χ0v) is 9.43. The van der Waals surface area contributed by atoms with Crippen molar-refractivity contribution in [2.24, 2.45) is 10.2 Å². The molecule has 0 saturated heterocycles. The minimum Gasteiger partial charge on any atom is -0.513 e. The van der Waals surface area contributed by atoms with Gasteiger partial charge in [0.25, 0.3) is 0 Å². The molecular weight excluding hydrogens is 246 g/mol. The van der Waals surface area contributed by atoms with Gasteiger partial charge in [-0.2, -0.15) is 0 Å². The van der Waals surface area contributed by atoms with E-state index >= 15 is 0 Å². The predicted molar refractivity (Wildman–Crippen MR) is 58.2 cm³/mol. The Morgan fingerprint density at radius 1 is 1.50 bits per heavy atom. The SMILES string of the molecule is CCOC(=O)/C(=C\O)N=Nc1ccc(F)cc1F. The maximum Gasteiger partial charge on any atom is 0.362 e. The number of benzene rings is 1. The van der Waals surface area contributed by atoms with E-state index in [9.17, 15) is 13.6 Å². The van der Waals surface area contributed by atoms with Crippen molar-refractivity contribution >= 4 is 11.7 Å². The number of ether oxygens (including phenoxy) is 1. The molecule has 1 aromatic rings. The fourth-order valence-electron chi connectivity index (χ4n) is 0.994. The first-order valence-corrected chi connectivity index (χ1v) is 4.96.